The number of benzene rings is 1. The van der Waals surface area contributed by atoms with E-state index in [1.54, 1.807) is 18.2 Å². The van der Waals surface area contributed by atoms with Gasteiger partial charge in [-0.15, -0.1) is 0 Å². The fourth-order valence-corrected chi connectivity index (χ4v) is 1.69. The third kappa shape index (κ3) is 2.42. The van der Waals surface area contributed by atoms with E-state index < -0.39 is 6.04 Å². The van der Waals surface area contributed by atoms with Gasteiger partial charge in [-0.25, -0.2) is 0 Å². The molecule has 1 aliphatic rings. The molecule has 0 saturated heterocycles. The molecule has 0 amide bonds. The number of rotatable bonds is 3. The molecule has 0 saturated carbocycles. The van der Waals surface area contributed by atoms with Crippen molar-refractivity contribution in [3.05, 3.63) is 23.8 Å². The van der Waals surface area contributed by atoms with E-state index in [9.17, 15) is 4.79 Å². The van der Waals surface area contributed by atoms with Gasteiger partial charge in [0.25, 0.3) is 0 Å². The van der Waals surface area contributed by atoms with Gasteiger partial charge in [0.1, 0.15) is 13.2 Å². The highest BCUT2D eigenvalue weighted by Gasteiger charge is 2.21. The van der Waals surface area contributed by atoms with Crippen molar-refractivity contribution in [2.24, 2.45) is 11.7 Å². The van der Waals surface area contributed by atoms with Crippen LogP contribution in [-0.2, 0) is 0 Å². The van der Waals surface area contributed by atoms with Crippen molar-refractivity contribution in [3.63, 3.8) is 0 Å². The Balaban J connectivity index is 2.25. The summed E-state index contributed by atoms with van der Waals surface area (Å²) in [6.07, 6.45) is 0. The molecular weight excluding hydrogens is 218 g/mol. The van der Waals surface area contributed by atoms with E-state index in [1.807, 2.05) is 13.8 Å². The van der Waals surface area contributed by atoms with E-state index in [-0.39, 0.29) is 11.7 Å². The van der Waals surface area contributed by atoms with Crippen molar-refractivity contribution in [3.8, 4) is 11.5 Å². The number of nitrogens with two attached hydrogens (primary N) is 1. The SMILES string of the molecule is CC(C)C(N)C(=O)c1ccc2c(c1)OCCO2. The molecule has 1 atom stereocenters. The number of ether oxygens (including phenoxy) is 2. The van der Waals surface area contributed by atoms with Gasteiger partial charge in [0, 0.05) is 5.56 Å². The first-order valence-corrected chi connectivity index (χ1v) is 5.79. The molecule has 0 spiro atoms. The Morgan fingerprint density at radius 2 is 1.88 bits per heavy atom. The van der Waals surface area contributed by atoms with Crippen LogP contribution in [0.3, 0.4) is 0 Å². The van der Waals surface area contributed by atoms with Crippen LogP contribution in [0.5, 0.6) is 11.5 Å². The maximum Gasteiger partial charge on any atom is 0.179 e. The average Bonchev–Trinajstić information content (AvgIpc) is 2.36. The number of hydrogen-bond acceptors (Lipinski definition) is 4. The lowest BCUT2D eigenvalue weighted by molar-refractivity contribution is 0.0939. The van der Waals surface area contributed by atoms with Crippen LogP contribution in [0.15, 0.2) is 18.2 Å². The van der Waals surface area contributed by atoms with Crippen LogP contribution in [0.25, 0.3) is 0 Å². The summed E-state index contributed by atoms with van der Waals surface area (Å²) in [5, 5.41) is 0. The van der Waals surface area contributed by atoms with Gasteiger partial charge >= 0.3 is 0 Å². The number of fused-ring (bicyclic) bond motifs is 1. The van der Waals surface area contributed by atoms with E-state index in [4.69, 9.17) is 15.2 Å². The highest BCUT2D eigenvalue weighted by Crippen LogP contribution is 2.31. The van der Waals surface area contributed by atoms with Gasteiger partial charge in [-0.3, -0.25) is 4.79 Å². The topological polar surface area (TPSA) is 61.6 Å². The number of carbonyl (C=O) groups excluding carboxylic acids is 1. The minimum absolute atomic E-state index is 0.0584. The zero-order valence-electron chi connectivity index (χ0n) is 10.1. The van der Waals surface area contributed by atoms with Crippen LogP contribution in [0.1, 0.15) is 24.2 Å². The molecule has 1 aliphatic heterocycles. The third-order valence-electron chi connectivity index (χ3n) is 2.85. The molecule has 0 radical (unpaired) electrons. The smallest absolute Gasteiger partial charge is 0.179 e. The highest BCUT2D eigenvalue weighted by atomic mass is 16.6. The quantitative estimate of drug-likeness (QED) is 0.809. The maximum absolute atomic E-state index is 12.1. The monoisotopic (exact) mass is 235 g/mol. The van der Waals surface area contributed by atoms with Gasteiger partial charge in [0.2, 0.25) is 0 Å². The molecule has 1 aromatic carbocycles. The van der Waals surface area contributed by atoms with Crippen LogP contribution in [0.2, 0.25) is 0 Å². The second-order valence-corrected chi connectivity index (χ2v) is 4.49. The first-order valence-electron chi connectivity index (χ1n) is 5.79. The number of hydrogen-bond donors (Lipinski definition) is 1. The van der Waals surface area contributed by atoms with Crippen molar-refractivity contribution < 1.29 is 14.3 Å². The molecule has 4 nitrogen and oxygen atoms in total. The molecule has 0 aliphatic carbocycles. The average molecular weight is 235 g/mol. The first-order chi connectivity index (χ1) is 8.09. The Morgan fingerprint density at radius 1 is 1.24 bits per heavy atom. The molecule has 0 bridgehead atoms. The summed E-state index contributed by atoms with van der Waals surface area (Å²) in [5.41, 5.74) is 6.43. The standard InChI is InChI=1S/C13H17NO3/c1-8(2)12(14)13(15)9-3-4-10-11(7-9)17-6-5-16-10/h3-4,7-8,12H,5-6,14H2,1-2H3. The lowest BCUT2D eigenvalue weighted by atomic mass is 9.96. The van der Waals surface area contributed by atoms with Gasteiger partial charge in [-0.2, -0.15) is 0 Å². The fraction of sp³-hybridized carbons (Fsp3) is 0.462. The van der Waals surface area contributed by atoms with Gasteiger partial charge in [-0.05, 0) is 24.1 Å². The molecule has 1 aromatic rings. The lowest BCUT2D eigenvalue weighted by Crippen LogP contribution is -2.35. The predicted molar refractivity (Wildman–Crippen MR) is 64.6 cm³/mol. The van der Waals surface area contributed by atoms with E-state index >= 15 is 0 Å². The Hall–Kier alpha value is -1.55. The van der Waals surface area contributed by atoms with E-state index in [1.165, 1.54) is 0 Å². The molecule has 0 aromatic heterocycles. The molecule has 4 heteroatoms. The number of carbonyl (C=O) groups is 1. The van der Waals surface area contributed by atoms with Crippen molar-refractivity contribution in [2.45, 2.75) is 19.9 Å². The van der Waals surface area contributed by atoms with Gasteiger partial charge in [0.15, 0.2) is 17.3 Å². The van der Waals surface area contributed by atoms with Gasteiger partial charge < -0.3 is 15.2 Å². The predicted octanol–water partition coefficient (Wildman–Crippen LogP) is 1.62. The zero-order chi connectivity index (χ0) is 12.4. The van der Waals surface area contributed by atoms with Crippen LogP contribution in [0.4, 0.5) is 0 Å². The summed E-state index contributed by atoms with van der Waals surface area (Å²) in [4.78, 5) is 12.1. The minimum Gasteiger partial charge on any atom is -0.486 e. The van der Waals surface area contributed by atoms with Crippen molar-refractivity contribution in [2.75, 3.05) is 13.2 Å². The van der Waals surface area contributed by atoms with E-state index in [0.29, 0.717) is 30.3 Å². The van der Waals surface area contributed by atoms with E-state index in [0.717, 1.165) is 0 Å². The summed E-state index contributed by atoms with van der Waals surface area (Å²) in [6.45, 7) is 4.92. The minimum atomic E-state index is -0.474. The Labute approximate surface area is 101 Å². The highest BCUT2D eigenvalue weighted by molar-refractivity contribution is 6.00. The van der Waals surface area contributed by atoms with Gasteiger partial charge in [0.05, 0.1) is 6.04 Å². The Bertz CT molecular complexity index is 429. The summed E-state index contributed by atoms with van der Waals surface area (Å²) >= 11 is 0. The molecule has 2 rings (SSSR count). The molecule has 1 heterocycles. The largest absolute Gasteiger partial charge is 0.486 e. The zero-order valence-corrected chi connectivity index (χ0v) is 10.1. The van der Waals surface area contributed by atoms with Crippen molar-refractivity contribution >= 4 is 5.78 Å². The molecule has 17 heavy (non-hydrogen) atoms. The summed E-state index contributed by atoms with van der Waals surface area (Å²) in [6, 6.07) is 4.73. The normalized spacial score (nSPS) is 15.8. The lowest BCUT2D eigenvalue weighted by Gasteiger charge is -2.20. The molecule has 2 N–H and O–H groups in total. The van der Waals surface area contributed by atoms with Crippen LogP contribution in [-0.4, -0.2) is 25.0 Å². The van der Waals surface area contributed by atoms with Crippen molar-refractivity contribution in [1.29, 1.82) is 0 Å². The summed E-state index contributed by atoms with van der Waals surface area (Å²) in [7, 11) is 0. The fourth-order valence-electron chi connectivity index (χ4n) is 1.69. The summed E-state index contributed by atoms with van der Waals surface area (Å²) < 4.78 is 10.8. The first kappa shape index (κ1) is 11.9. The van der Waals surface area contributed by atoms with Crippen LogP contribution < -0.4 is 15.2 Å². The van der Waals surface area contributed by atoms with Crippen molar-refractivity contribution in [1.82, 2.24) is 0 Å². The van der Waals surface area contributed by atoms with Crippen LogP contribution in [0, 0.1) is 5.92 Å². The summed E-state index contributed by atoms with van der Waals surface area (Å²) in [5.74, 6) is 1.37. The Morgan fingerprint density at radius 3 is 2.53 bits per heavy atom. The molecular formula is C13H17NO3. The molecule has 0 fully saturated rings. The number of Topliss-reactive ketones (excluding diaryl/α,β-unsaturated/α-hetero) is 1. The Kier molecular flexibility index (Phi) is 3.33. The maximum atomic E-state index is 12.1. The number of ketones is 1. The molecule has 1 unspecified atom stereocenters. The second kappa shape index (κ2) is 4.75. The third-order valence-corrected chi connectivity index (χ3v) is 2.85. The van der Waals surface area contributed by atoms with Crippen LogP contribution >= 0.6 is 0 Å². The van der Waals surface area contributed by atoms with Gasteiger partial charge in [-0.1, -0.05) is 13.8 Å². The van der Waals surface area contributed by atoms with E-state index in [2.05, 4.69) is 0 Å². The second-order valence-electron chi connectivity index (χ2n) is 4.49. The molecule has 92 valence electrons.